The molecular formula is C20H22N2OS2. The lowest BCUT2D eigenvalue weighted by atomic mass is 10.0. The van der Waals surface area contributed by atoms with E-state index in [1.807, 2.05) is 31.2 Å². The van der Waals surface area contributed by atoms with Crippen LogP contribution in [-0.2, 0) is 6.42 Å². The second kappa shape index (κ2) is 7.93. The maximum Gasteiger partial charge on any atom is 0.251 e. The summed E-state index contributed by atoms with van der Waals surface area (Å²) in [5.74, 6) is 0.467. The molecule has 130 valence electrons. The van der Waals surface area contributed by atoms with Crippen molar-refractivity contribution in [3.63, 3.8) is 0 Å². The fraction of sp³-hybridized carbons (Fsp3) is 0.300. The lowest BCUT2D eigenvalue weighted by molar-refractivity contribution is 0.0954. The first-order chi connectivity index (χ1) is 12.0. The van der Waals surface area contributed by atoms with Crippen LogP contribution in [0.25, 0.3) is 10.6 Å². The Morgan fingerprint density at radius 3 is 2.56 bits per heavy atom. The average Bonchev–Trinajstić information content (AvgIpc) is 3.23. The van der Waals surface area contributed by atoms with Gasteiger partial charge in [-0.1, -0.05) is 26.0 Å². The maximum absolute atomic E-state index is 12.2. The number of carbonyl (C=O) groups excluding carboxylic acids is 1. The molecule has 25 heavy (non-hydrogen) atoms. The number of hydrogen-bond donors (Lipinski definition) is 1. The van der Waals surface area contributed by atoms with Crippen LogP contribution in [0.4, 0.5) is 0 Å². The van der Waals surface area contributed by atoms with Crippen molar-refractivity contribution in [2.45, 2.75) is 33.1 Å². The highest BCUT2D eigenvalue weighted by molar-refractivity contribution is 7.16. The van der Waals surface area contributed by atoms with Crippen molar-refractivity contribution in [3.05, 3.63) is 62.8 Å². The molecule has 0 saturated carbocycles. The number of nitrogens with zero attached hydrogens (tertiary/aromatic N) is 1. The molecule has 1 aromatic carbocycles. The molecule has 0 aliphatic rings. The van der Waals surface area contributed by atoms with Crippen LogP contribution in [0.2, 0.25) is 0 Å². The minimum Gasteiger partial charge on any atom is -0.352 e. The van der Waals surface area contributed by atoms with E-state index >= 15 is 0 Å². The van der Waals surface area contributed by atoms with Gasteiger partial charge in [-0.2, -0.15) is 0 Å². The third kappa shape index (κ3) is 4.55. The topological polar surface area (TPSA) is 42.0 Å². The number of aromatic nitrogens is 1. The SMILES string of the molecule is Cc1nc(-c2ccc(CCNC(=O)c3ccc(C(C)C)cc3)s2)cs1. The summed E-state index contributed by atoms with van der Waals surface area (Å²) in [5, 5.41) is 6.18. The Labute approximate surface area is 156 Å². The Hall–Kier alpha value is -1.98. The number of amides is 1. The average molecular weight is 371 g/mol. The van der Waals surface area contributed by atoms with Gasteiger partial charge in [0.2, 0.25) is 0 Å². The Morgan fingerprint density at radius 2 is 1.92 bits per heavy atom. The number of thiazole rings is 1. The zero-order valence-electron chi connectivity index (χ0n) is 14.7. The van der Waals surface area contributed by atoms with Gasteiger partial charge < -0.3 is 5.32 Å². The van der Waals surface area contributed by atoms with Crippen LogP contribution in [0.3, 0.4) is 0 Å². The first-order valence-electron chi connectivity index (χ1n) is 8.42. The summed E-state index contributed by atoms with van der Waals surface area (Å²) < 4.78 is 0. The number of rotatable bonds is 6. The first kappa shape index (κ1) is 17.8. The van der Waals surface area contributed by atoms with Gasteiger partial charge in [0.25, 0.3) is 5.91 Å². The van der Waals surface area contributed by atoms with Gasteiger partial charge in [-0.15, -0.1) is 22.7 Å². The highest BCUT2D eigenvalue weighted by atomic mass is 32.1. The lowest BCUT2D eigenvalue weighted by Crippen LogP contribution is -2.25. The summed E-state index contributed by atoms with van der Waals surface area (Å²) >= 11 is 3.41. The molecule has 0 spiro atoms. The highest BCUT2D eigenvalue weighted by Gasteiger charge is 2.08. The van der Waals surface area contributed by atoms with Gasteiger partial charge in [0.15, 0.2) is 0 Å². The van der Waals surface area contributed by atoms with Crippen LogP contribution in [0.15, 0.2) is 41.8 Å². The number of nitrogens with one attached hydrogen (secondary N) is 1. The molecule has 1 amide bonds. The quantitative estimate of drug-likeness (QED) is 0.642. The fourth-order valence-electron chi connectivity index (χ4n) is 2.55. The van der Waals surface area contributed by atoms with Crippen molar-refractivity contribution < 1.29 is 4.79 Å². The Bertz CT molecular complexity index is 847. The molecule has 3 nitrogen and oxygen atoms in total. The van der Waals surface area contributed by atoms with E-state index in [0.29, 0.717) is 18.0 Å². The second-order valence-corrected chi connectivity index (χ2v) is 8.53. The van der Waals surface area contributed by atoms with Crippen LogP contribution in [0.5, 0.6) is 0 Å². The van der Waals surface area contributed by atoms with E-state index in [0.717, 1.165) is 17.1 Å². The van der Waals surface area contributed by atoms with E-state index in [2.05, 4.69) is 41.7 Å². The number of aryl methyl sites for hydroxylation is 1. The van der Waals surface area contributed by atoms with Crippen LogP contribution in [-0.4, -0.2) is 17.4 Å². The van der Waals surface area contributed by atoms with Crippen molar-refractivity contribution in [1.82, 2.24) is 10.3 Å². The van der Waals surface area contributed by atoms with Crippen molar-refractivity contribution in [3.8, 4) is 10.6 Å². The summed E-state index contributed by atoms with van der Waals surface area (Å²) in [5.41, 5.74) is 3.02. The van der Waals surface area contributed by atoms with Crippen LogP contribution in [0, 0.1) is 6.92 Å². The Morgan fingerprint density at radius 1 is 1.16 bits per heavy atom. The molecule has 3 rings (SSSR count). The van der Waals surface area contributed by atoms with Crippen LogP contribution >= 0.6 is 22.7 Å². The second-order valence-electron chi connectivity index (χ2n) is 6.30. The van der Waals surface area contributed by atoms with Crippen molar-refractivity contribution in [2.24, 2.45) is 0 Å². The molecular weight excluding hydrogens is 348 g/mol. The van der Waals surface area contributed by atoms with Crippen LogP contribution in [0.1, 0.15) is 45.6 Å². The van der Waals surface area contributed by atoms with E-state index < -0.39 is 0 Å². The van der Waals surface area contributed by atoms with Gasteiger partial charge in [0, 0.05) is 22.4 Å². The molecule has 0 bridgehead atoms. The zero-order valence-corrected chi connectivity index (χ0v) is 16.3. The monoisotopic (exact) mass is 370 g/mol. The third-order valence-corrected chi connectivity index (χ3v) is 5.97. The number of carbonyl (C=O) groups is 1. The molecule has 0 aliphatic carbocycles. The summed E-state index contributed by atoms with van der Waals surface area (Å²) in [6.45, 7) is 6.96. The molecule has 1 N–H and O–H groups in total. The van der Waals surface area contributed by atoms with Gasteiger partial charge in [0.05, 0.1) is 15.6 Å². The number of benzene rings is 1. The molecule has 0 saturated heterocycles. The van der Waals surface area contributed by atoms with Gasteiger partial charge in [0.1, 0.15) is 0 Å². The van der Waals surface area contributed by atoms with Crippen molar-refractivity contribution in [2.75, 3.05) is 6.54 Å². The van der Waals surface area contributed by atoms with Crippen molar-refractivity contribution in [1.29, 1.82) is 0 Å². The minimum absolute atomic E-state index is 0.0118. The van der Waals surface area contributed by atoms with E-state index in [1.165, 1.54) is 15.3 Å². The first-order valence-corrected chi connectivity index (χ1v) is 10.1. The lowest BCUT2D eigenvalue weighted by Gasteiger charge is -2.07. The molecule has 0 unspecified atom stereocenters. The largest absolute Gasteiger partial charge is 0.352 e. The molecule has 0 fully saturated rings. The summed E-state index contributed by atoms with van der Waals surface area (Å²) in [6, 6.07) is 12.1. The van der Waals surface area contributed by atoms with Gasteiger partial charge >= 0.3 is 0 Å². The smallest absolute Gasteiger partial charge is 0.251 e. The molecule has 0 aliphatic heterocycles. The highest BCUT2D eigenvalue weighted by Crippen LogP contribution is 2.29. The molecule has 3 aromatic rings. The standard InChI is InChI=1S/C20H22N2OS2/c1-13(2)15-4-6-16(7-5-15)20(23)21-11-10-17-8-9-19(25-17)18-12-24-14(3)22-18/h4-9,12-13H,10-11H2,1-3H3,(H,21,23). The molecule has 2 heterocycles. The van der Waals surface area contributed by atoms with E-state index in [-0.39, 0.29) is 5.91 Å². The maximum atomic E-state index is 12.2. The Balaban J connectivity index is 1.52. The summed E-state index contributed by atoms with van der Waals surface area (Å²) in [6.07, 6.45) is 0.837. The zero-order chi connectivity index (χ0) is 17.8. The van der Waals surface area contributed by atoms with Crippen molar-refractivity contribution >= 4 is 28.6 Å². The number of thiophene rings is 1. The molecule has 5 heteroatoms. The third-order valence-electron chi connectivity index (χ3n) is 4.03. The molecule has 0 radical (unpaired) electrons. The summed E-state index contributed by atoms with van der Waals surface area (Å²) in [7, 11) is 0. The fourth-order valence-corrected chi connectivity index (χ4v) is 4.20. The molecule has 2 aromatic heterocycles. The van der Waals surface area contributed by atoms with Gasteiger partial charge in [-0.05, 0) is 49.1 Å². The minimum atomic E-state index is -0.0118. The number of hydrogen-bond acceptors (Lipinski definition) is 4. The van der Waals surface area contributed by atoms with E-state index in [4.69, 9.17) is 0 Å². The Kier molecular flexibility index (Phi) is 5.66. The van der Waals surface area contributed by atoms with E-state index in [9.17, 15) is 4.79 Å². The predicted molar refractivity (Wildman–Crippen MR) is 107 cm³/mol. The predicted octanol–water partition coefficient (Wildman–Crippen LogP) is 5.28. The van der Waals surface area contributed by atoms with E-state index in [1.54, 1.807) is 22.7 Å². The molecule has 0 atom stereocenters. The van der Waals surface area contributed by atoms with Crippen LogP contribution < -0.4 is 5.32 Å². The van der Waals surface area contributed by atoms with Gasteiger partial charge in [-0.3, -0.25) is 4.79 Å². The van der Waals surface area contributed by atoms with Gasteiger partial charge in [-0.25, -0.2) is 4.98 Å². The normalized spacial score (nSPS) is 11.0. The summed E-state index contributed by atoms with van der Waals surface area (Å²) in [4.78, 5) is 19.2.